The summed E-state index contributed by atoms with van der Waals surface area (Å²) in [5.41, 5.74) is 0.264. The lowest BCUT2D eigenvalue weighted by atomic mass is 9.97. The largest absolute Gasteiger partial charge is 0.332 e. The third-order valence-electron chi connectivity index (χ3n) is 4.51. The predicted molar refractivity (Wildman–Crippen MR) is 61.9 cm³/mol. The first-order chi connectivity index (χ1) is 7.45. The summed E-state index contributed by atoms with van der Waals surface area (Å²) in [5.74, 6) is 1.33. The summed E-state index contributed by atoms with van der Waals surface area (Å²) in [4.78, 5) is 25.6. The van der Waals surface area contributed by atoms with Crippen molar-refractivity contribution in [2.75, 3.05) is 6.54 Å². The lowest BCUT2D eigenvalue weighted by Gasteiger charge is -2.29. The van der Waals surface area contributed by atoms with Crippen molar-refractivity contribution in [3.8, 4) is 0 Å². The number of carbonyl (C=O) groups is 2. The van der Waals surface area contributed by atoms with E-state index in [4.69, 9.17) is 0 Å². The fourth-order valence-corrected chi connectivity index (χ4v) is 3.32. The maximum absolute atomic E-state index is 12.0. The van der Waals surface area contributed by atoms with Gasteiger partial charge in [-0.15, -0.1) is 0 Å². The van der Waals surface area contributed by atoms with E-state index in [1.807, 2.05) is 18.7 Å². The first-order valence-electron chi connectivity index (χ1n) is 6.27. The van der Waals surface area contributed by atoms with Crippen LogP contribution in [-0.2, 0) is 9.59 Å². The molecule has 0 aromatic rings. The standard InChI is InChI=1S/C13H21NO2/c1-5-9(15)12-11-8(13(11,3)4)7-14(12)10(16)6-2/h8,11-12H,5-7H2,1-4H3/t8-,11-,12+/m0/s1. The fourth-order valence-electron chi connectivity index (χ4n) is 3.32. The van der Waals surface area contributed by atoms with Crippen molar-refractivity contribution >= 4 is 11.7 Å². The van der Waals surface area contributed by atoms with Crippen LogP contribution in [0.5, 0.6) is 0 Å². The van der Waals surface area contributed by atoms with Gasteiger partial charge in [-0.05, 0) is 17.3 Å². The zero-order valence-corrected chi connectivity index (χ0v) is 10.6. The molecule has 0 radical (unpaired) electrons. The summed E-state index contributed by atoms with van der Waals surface area (Å²) < 4.78 is 0. The molecule has 0 unspecified atom stereocenters. The molecule has 1 saturated heterocycles. The molecule has 3 atom stereocenters. The second-order valence-electron chi connectivity index (χ2n) is 5.62. The maximum Gasteiger partial charge on any atom is 0.222 e. The van der Waals surface area contributed by atoms with Crippen LogP contribution in [-0.4, -0.2) is 29.2 Å². The van der Waals surface area contributed by atoms with Crippen molar-refractivity contribution in [2.24, 2.45) is 17.3 Å². The monoisotopic (exact) mass is 223 g/mol. The molecule has 1 amide bonds. The molecule has 1 saturated carbocycles. The second-order valence-corrected chi connectivity index (χ2v) is 5.62. The number of hydrogen-bond donors (Lipinski definition) is 0. The van der Waals surface area contributed by atoms with Gasteiger partial charge in [-0.1, -0.05) is 27.7 Å². The number of piperidine rings is 1. The van der Waals surface area contributed by atoms with Gasteiger partial charge < -0.3 is 4.90 Å². The average molecular weight is 223 g/mol. The number of carbonyl (C=O) groups excluding carboxylic acids is 2. The van der Waals surface area contributed by atoms with Crippen molar-refractivity contribution in [1.29, 1.82) is 0 Å². The summed E-state index contributed by atoms with van der Waals surface area (Å²) in [6.45, 7) is 8.98. The van der Waals surface area contributed by atoms with Gasteiger partial charge in [0.1, 0.15) is 0 Å². The molecule has 2 aliphatic rings. The lowest BCUT2D eigenvalue weighted by molar-refractivity contribution is -0.139. The summed E-state index contributed by atoms with van der Waals surface area (Å²) in [5, 5.41) is 0. The summed E-state index contributed by atoms with van der Waals surface area (Å²) in [7, 11) is 0. The molecule has 0 N–H and O–H groups in total. The molecular formula is C13H21NO2. The molecular weight excluding hydrogens is 202 g/mol. The van der Waals surface area contributed by atoms with Crippen LogP contribution >= 0.6 is 0 Å². The normalized spacial score (nSPS) is 34.8. The molecule has 90 valence electrons. The van der Waals surface area contributed by atoms with Crippen molar-refractivity contribution in [3.05, 3.63) is 0 Å². The van der Waals surface area contributed by atoms with Gasteiger partial charge in [-0.3, -0.25) is 9.59 Å². The Morgan fingerprint density at radius 3 is 2.38 bits per heavy atom. The number of likely N-dealkylation sites (tertiary alicyclic amines) is 1. The topological polar surface area (TPSA) is 37.4 Å². The van der Waals surface area contributed by atoms with Gasteiger partial charge in [0.2, 0.25) is 5.91 Å². The number of Topliss-reactive ketones (excluding diaryl/α,β-unsaturated/α-hetero) is 1. The molecule has 0 aromatic heterocycles. The van der Waals surface area contributed by atoms with Crippen LogP contribution < -0.4 is 0 Å². The van der Waals surface area contributed by atoms with E-state index in [-0.39, 0.29) is 23.1 Å². The van der Waals surface area contributed by atoms with E-state index in [0.717, 1.165) is 6.54 Å². The van der Waals surface area contributed by atoms with Crippen molar-refractivity contribution in [2.45, 2.75) is 46.6 Å². The van der Waals surface area contributed by atoms with Crippen molar-refractivity contribution in [3.63, 3.8) is 0 Å². The van der Waals surface area contributed by atoms with Crippen LogP contribution in [0.1, 0.15) is 40.5 Å². The lowest BCUT2D eigenvalue weighted by Crippen LogP contribution is -2.44. The molecule has 1 aliphatic heterocycles. The Labute approximate surface area is 97.2 Å². The summed E-state index contributed by atoms with van der Waals surface area (Å²) in [6.07, 6.45) is 1.05. The maximum atomic E-state index is 12.0. The first-order valence-corrected chi connectivity index (χ1v) is 6.27. The predicted octanol–water partition coefficient (Wildman–Crippen LogP) is 1.86. The highest BCUT2D eigenvalue weighted by Crippen LogP contribution is 2.65. The minimum absolute atomic E-state index is 0.127. The molecule has 16 heavy (non-hydrogen) atoms. The Morgan fingerprint density at radius 2 is 1.88 bits per heavy atom. The third-order valence-corrected chi connectivity index (χ3v) is 4.51. The van der Waals surface area contributed by atoms with Crippen LogP contribution in [0.15, 0.2) is 0 Å². The van der Waals surface area contributed by atoms with E-state index in [0.29, 0.717) is 24.7 Å². The smallest absolute Gasteiger partial charge is 0.222 e. The van der Waals surface area contributed by atoms with Crippen molar-refractivity contribution in [1.82, 2.24) is 4.90 Å². The van der Waals surface area contributed by atoms with E-state index in [9.17, 15) is 9.59 Å². The van der Waals surface area contributed by atoms with Gasteiger partial charge in [-0.25, -0.2) is 0 Å². The van der Waals surface area contributed by atoms with E-state index < -0.39 is 0 Å². The van der Waals surface area contributed by atoms with E-state index in [2.05, 4.69) is 13.8 Å². The zero-order chi connectivity index (χ0) is 12.1. The van der Waals surface area contributed by atoms with Crippen LogP contribution in [0.25, 0.3) is 0 Å². The van der Waals surface area contributed by atoms with Gasteiger partial charge in [0.15, 0.2) is 5.78 Å². The van der Waals surface area contributed by atoms with Gasteiger partial charge in [0.05, 0.1) is 6.04 Å². The Bertz CT molecular complexity index is 335. The van der Waals surface area contributed by atoms with Gasteiger partial charge in [0, 0.05) is 19.4 Å². The van der Waals surface area contributed by atoms with E-state index in [1.165, 1.54) is 0 Å². The number of amides is 1. The highest BCUT2D eigenvalue weighted by Gasteiger charge is 2.68. The Morgan fingerprint density at radius 1 is 1.25 bits per heavy atom. The first kappa shape index (κ1) is 11.6. The number of fused-ring (bicyclic) bond motifs is 1. The van der Waals surface area contributed by atoms with E-state index in [1.54, 1.807) is 0 Å². The highest BCUT2D eigenvalue weighted by atomic mass is 16.2. The number of nitrogens with zero attached hydrogens (tertiary/aromatic N) is 1. The molecule has 2 rings (SSSR count). The fraction of sp³-hybridized carbons (Fsp3) is 0.846. The van der Waals surface area contributed by atoms with Crippen LogP contribution in [0.2, 0.25) is 0 Å². The molecule has 0 spiro atoms. The Kier molecular flexibility index (Phi) is 2.59. The van der Waals surface area contributed by atoms with E-state index >= 15 is 0 Å². The zero-order valence-electron chi connectivity index (χ0n) is 10.6. The molecule has 3 heteroatoms. The van der Waals surface area contributed by atoms with Gasteiger partial charge in [0.25, 0.3) is 0 Å². The van der Waals surface area contributed by atoms with Crippen LogP contribution in [0.4, 0.5) is 0 Å². The van der Waals surface area contributed by atoms with Crippen LogP contribution in [0, 0.1) is 17.3 Å². The Hall–Kier alpha value is -0.860. The highest BCUT2D eigenvalue weighted by molar-refractivity contribution is 5.90. The molecule has 1 heterocycles. The van der Waals surface area contributed by atoms with Gasteiger partial charge in [-0.2, -0.15) is 0 Å². The average Bonchev–Trinajstić information content (AvgIpc) is 2.68. The number of rotatable bonds is 3. The number of hydrogen-bond acceptors (Lipinski definition) is 2. The molecule has 0 bridgehead atoms. The summed E-state index contributed by atoms with van der Waals surface area (Å²) in [6, 6.07) is -0.127. The summed E-state index contributed by atoms with van der Waals surface area (Å²) >= 11 is 0. The minimum atomic E-state index is -0.127. The van der Waals surface area contributed by atoms with Crippen molar-refractivity contribution < 1.29 is 9.59 Å². The molecule has 3 nitrogen and oxygen atoms in total. The SMILES string of the molecule is CCC(=O)[C@@H]1[C@@H]2[C@H](CN1C(=O)CC)C2(C)C. The number of ketones is 1. The molecule has 1 aliphatic carbocycles. The minimum Gasteiger partial charge on any atom is -0.332 e. The quantitative estimate of drug-likeness (QED) is 0.732. The van der Waals surface area contributed by atoms with Crippen LogP contribution in [0.3, 0.4) is 0 Å². The Balaban J connectivity index is 2.20. The second kappa shape index (κ2) is 3.57. The third kappa shape index (κ3) is 1.40. The van der Waals surface area contributed by atoms with Gasteiger partial charge >= 0.3 is 0 Å². The molecule has 2 fully saturated rings. The molecule has 0 aromatic carbocycles.